The third kappa shape index (κ3) is 1.85. The summed E-state index contributed by atoms with van der Waals surface area (Å²) < 4.78 is 0. The Morgan fingerprint density at radius 3 is 2.29 bits per heavy atom. The summed E-state index contributed by atoms with van der Waals surface area (Å²) in [7, 11) is 0. The van der Waals surface area contributed by atoms with Gasteiger partial charge in [-0.1, -0.05) is 6.92 Å². The minimum absolute atomic E-state index is 0.00755. The number of benzene rings is 1. The third-order valence-electron chi connectivity index (χ3n) is 4.51. The summed E-state index contributed by atoms with van der Waals surface area (Å²) in [6, 6.07) is 0. The van der Waals surface area contributed by atoms with Gasteiger partial charge >= 0.3 is 0 Å². The van der Waals surface area contributed by atoms with E-state index in [0.717, 1.165) is 30.4 Å². The van der Waals surface area contributed by atoms with Crippen molar-refractivity contribution in [1.29, 1.82) is 0 Å². The highest BCUT2D eigenvalue weighted by molar-refractivity contribution is 5.54. The lowest BCUT2D eigenvalue weighted by Gasteiger charge is -2.35. The number of hydrogen-bond donors (Lipinski definition) is 2. The number of phenolic OH excluding ortho intramolecular Hbond substituents is 1. The van der Waals surface area contributed by atoms with Crippen molar-refractivity contribution in [1.82, 2.24) is 0 Å². The van der Waals surface area contributed by atoms with Gasteiger partial charge in [0, 0.05) is 6.61 Å². The Balaban J connectivity index is 2.59. The fourth-order valence-corrected chi connectivity index (χ4v) is 2.94. The highest BCUT2D eigenvalue weighted by Crippen LogP contribution is 2.41. The molecule has 0 saturated carbocycles. The highest BCUT2D eigenvalue weighted by Gasteiger charge is 2.32. The fraction of sp³-hybridized carbons (Fsp3) is 0.600. The molecule has 2 N–H and O–H groups in total. The monoisotopic (exact) mass is 234 g/mol. The van der Waals surface area contributed by atoms with Gasteiger partial charge in [0.15, 0.2) is 0 Å². The van der Waals surface area contributed by atoms with E-state index < -0.39 is 0 Å². The Hall–Kier alpha value is -1.02. The maximum atomic E-state index is 10.1. The zero-order valence-corrected chi connectivity index (χ0v) is 11.2. The Morgan fingerprint density at radius 2 is 1.71 bits per heavy atom. The standard InChI is InChI=1S/C15H22O2/c1-9-10(2)14(17)11(3)12-5-6-15(4,8-16)7-13(9)12/h16-17H,5-8H2,1-4H3. The molecule has 1 aliphatic rings. The van der Waals surface area contributed by atoms with E-state index in [1.807, 2.05) is 13.8 Å². The number of aliphatic hydroxyl groups is 1. The zero-order valence-electron chi connectivity index (χ0n) is 11.2. The number of hydrogen-bond acceptors (Lipinski definition) is 2. The van der Waals surface area contributed by atoms with Gasteiger partial charge in [0.1, 0.15) is 5.75 Å². The molecule has 1 unspecified atom stereocenters. The first kappa shape index (κ1) is 12.4. The van der Waals surface area contributed by atoms with Crippen molar-refractivity contribution in [2.75, 3.05) is 6.61 Å². The molecule has 0 bridgehead atoms. The molecule has 0 heterocycles. The van der Waals surface area contributed by atoms with E-state index in [1.165, 1.54) is 16.7 Å². The average molecular weight is 234 g/mol. The van der Waals surface area contributed by atoms with Crippen molar-refractivity contribution >= 4 is 0 Å². The van der Waals surface area contributed by atoms with Gasteiger partial charge in [-0.2, -0.15) is 0 Å². The summed E-state index contributed by atoms with van der Waals surface area (Å²) >= 11 is 0. The molecule has 0 radical (unpaired) electrons. The van der Waals surface area contributed by atoms with Crippen molar-refractivity contribution in [3.05, 3.63) is 27.8 Å². The molecule has 1 atom stereocenters. The molecule has 2 heteroatoms. The van der Waals surface area contributed by atoms with Crippen LogP contribution in [0.15, 0.2) is 0 Å². The number of aliphatic hydroxyl groups excluding tert-OH is 1. The van der Waals surface area contributed by atoms with Crippen molar-refractivity contribution < 1.29 is 10.2 Å². The van der Waals surface area contributed by atoms with Crippen LogP contribution in [0.4, 0.5) is 0 Å². The largest absolute Gasteiger partial charge is 0.507 e. The lowest BCUT2D eigenvalue weighted by Crippen LogP contribution is -2.30. The second-order valence-corrected chi connectivity index (χ2v) is 5.83. The molecule has 0 aromatic heterocycles. The first-order valence-electron chi connectivity index (χ1n) is 6.31. The molecule has 2 rings (SSSR count). The quantitative estimate of drug-likeness (QED) is 0.784. The van der Waals surface area contributed by atoms with Crippen LogP contribution in [0.1, 0.15) is 41.2 Å². The van der Waals surface area contributed by atoms with Gasteiger partial charge in [0.05, 0.1) is 0 Å². The first-order valence-corrected chi connectivity index (χ1v) is 6.31. The van der Waals surface area contributed by atoms with Crippen molar-refractivity contribution in [3.63, 3.8) is 0 Å². The van der Waals surface area contributed by atoms with Crippen LogP contribution in [0.25, 0.3) is 0 Å². The smallest absolute Gasteiger partial charge is 0.121 e. The summed E-state index contributed by atoms with van der Waals surface area (Å²) in [6.45, 7) is 8.44. The fourth-order valence-electron chi connectivity index (χ4n) is 2.94. The van der Waals surface area contributed by atoms with Crippen LogP contribution in [0, 0.1) is 26.2 Å². The number of fused-ring (bicyclic) bond motifs is 1. The Bertz CT molecular complexity index is 463. The Morgan fingerprint density at radius 1 is 1.06 bits per heavy atom. The normalized spacial score (nSPS) is 23.6. The SMILES string of the molecule is Cc1c(C)c2c(c(C)c1O)CCC(C)(CO)C2. The lowest BCUT2D eigenvalue weighted by molar-refractivity contribution is 0.126. The summed E-state index contributed by atoms with van der Waals surface area (Å²) in [5, 5.41) is 19.6. The summed E-state index contributed by atoms with van der Waals surface area (Å²) in [5.41, 5.74) is 5.87. The Kier molecular flexibility index (Phi) is 2.94. The van der Waals surface area contributed by atoms with Gasteiger partial charge in [-0.05, 0) is 73.3 Å². The molecule has 17 heavy (non-hydrogen) atoms. The van der Waals surface area contributed by atoms with Gasteiger partial charge < -0.3 is 10.2 Å². The molecule has 1 aromatic carbocycles. The number of aromatic hydroxyl groups is 1. The van der Waals surface area contributed by atoms with Gasteiger partial charge in [-0.15, -0.1) is 0 Å². The third-order valence-corrected chi connectivity index (χ3v) is 4.51. The molecule has 0 spiro atoms. The summed E-state index contributed by atoms with van der Waals surface area (Å²) in [6.07, 6.45) is 2.89. The van der Waals surface area contributed by atoms with E-state index in [9.17, 15) is 10.2 Å². The minimum atomic E-state index is 0.00755. The van der Waals surface area contributed by atoms with Crippen LogP contribution in [-0.4, -0.2) is 16.8 Å². The van der Waals surface area contributed by atoms with Crippen LogP contribution in [0.5, 0.6) is 5.75 Å². The molecule has 94 valence electrons. The zero-order chi connectivity index (χ0) is 12.8. The predicted octanol–water partition coefficient (Wildman–Crippen LogP) is 2.80. The molecule has 2 nitrogen and oxygen atoms in total. The molecule has 0 saturated heterocycles. The molecule has 0 fully saturated rings. The average Bonchev–Trinajstić information content (AvgIpc) is 2.33. The topological polar surface area (TPSA) is 40.5 Å². The molecular formula is C15H22O2. The highest BCUT2D eigenvalue weighted by atomic mass is 16.3. The van der Waals surface area contributed by atoms with Gasteiger partial charge in [-0.25, -0.2) is 0 Å². The second kappa shape index (κ2) is 4.02. The van der Waals surface area contributed by atoms with E-state index >= 15 is 0 Å². The number of rotatable bonds is 1. The number of phenols is 1. The molecular weight excluding hydrogens is 212 g/mol. The first-order chi connectivity index (χ1) is 7.89. The molecule has 1 aliphatic carbocycles. The van der Waals surface area contributed by atoms with Gasteiger partial charge in [0.25, 0.3) is 0 Å². The molecule has 0 aliphatic heterocycles. The summed E-state index contributed by atoms with van der Waals surface area (Å²) in [4.78, 5) is 0. The van der Waals surface area contributed by atoms with Crippen molar-refractivity contribution in [2.45, 2.75) is 47.0 Å². The van der Waals surface area contributed by atoms with Crippen LogP contribution in [-0.2, 0) is 12.8 Å². The van der Waals surface area contributed by atoms with Crippen molar-refractivity contribution in [2.24, 2.45) is 5.41 Å². The predicted molar refractivity (Wildman–Crippen MR) is 69.5 cm³/mol. The second-order valence-electron chi connectivity index (χ2n) is 5.83. The van der Waals surface area contributed by atoms with E-state index in [1.54, 1.807) is 0 Å². The van der Waals surface area contributed by atoms with Crippen LogP contribution in [0.3, 0.4) is 0 Å². The minimum Gasteiger partial charge on any atom is -0.507 e. The lowest BCUT2D eigenvalue weighted by atomic mass is 9.70. The van der Waals surface area contributed by atoms with Crippen LogP contribution in [0.2, 0.25) is 0 Å². The maximum absolute atomic E-state index is 10.1. The maximum Gasteiger partial charge on any atom is 0.121 e. The van der Waals surface area contributed by atoms with E-state index in [0.29, 0.717) is 5.75 Å². The van der Waals surface area contributed by atoms with Crippen molar-refractivity contribution in [3.8, 4) is 5.75 Å². The van der Waals surface area contributed by atoms with E-state index in [-0.39, 0.29) is 12.0 Å². The van der Waals surface area contributed by atoms with Gasteiger partial charge in [-0.3, -0.25) is 0 Å². The summed E-state index contributed by atoms with van der Waals surface area (Å²) in [5.74, 6) is 0.453. The van der Waals surface area contributed by atoms with Gasteiger partial charge in [0.2, 0.25) is 0 Å². The van der Waals surface area contributed by atoms with E-state index in [4.69, 9.17) is 0 Å². The van der Waals surface area contributed by atoms with Crippen LogP contribution < -0.4 is 0 Å². The van der Waals surface area contributed by atoms with E-state index in [2.05, 4.69) is 13.8 Å². The Labute approximate surface area is 103 Å². The molecule has 0 amide bonds. The van der Waals surface area contributed by atoms with Crippen LogP contribution >= 0.6 is 0 Å². The molecule has 1 aromatic rings.